The lowest BCUT2D eigenvalue weighted by atomic mass is 9.96. The van der Waals surface area contributed by atoms with Crippen LogP contribution in [0.2, 0.25) is 0 Å². The molecule has 0 unspecified atom stereocenters. The van der Waals surface area contributed by atoms with E-state index in [1.54, 1.807) is 37.4 Å². The smallest absolute Gasteiger partial charge is 0.261 e. The molecule has 8 heteroatoms. The molecule has 1 saturated carbocycles. The van der Waals surface area contributed by atoms with E-state index in [-0.39, 0.29) is 21.5 Å². The van der Waals surface area contributed by atoms with Crippen LogP contribution in [0.5, 0.6) is 0 Å². The van der Waals surface area contributed by atoms with Gasteiger partial charge in [0, 0.05) is 13.1 Å². The van der Waals surface area contributed by atoms with Gasteiger partial charge >= 0.3 is 0 Å². The van der Waals surface area contributed by atoms with Gasteiger partial charge in [-0.2, -0.15) is 4.31 Å². The number of sulfonamides is 2. The van der Waals surface area contributed by atoms with Crippen molar-refractivity contribution in [3.63, 3.8) is 0 Å². The number of rotatable bonds is 6. The molecule has 2 aromatic rings. The van der Waals surface area contributed by atoms with Gasteiger partial charge < -0.3 is 0 Å². The van der Waals surface area contributed by atoms with Crippen LogP contribution in [-0.4, -0.2) is 34.2 Å². The van der Waals surface area contributed by atoms with E-state index >= 15 is 0 Å². The van der Waals surface area contributed by atoms with Crippen molar-refractivity contribution in [3.8, 4) is 0 Å². The van der Waals surface area contributed by atoms with Gasteiger partial charge in [0.25, 0.3) is 10.0 Å². The summed E-state index contributed by atoms with van der Waals surface area (Å²) in [6, 6.07) is 14.0. The van der Waals surface area contributed by atoms with Crippen molar-refractivity contribution in [1.29, 1.82) is 0 Å². The number of nitrogens with one attached hydrogen (secondary N) is 1. The third kappa shape index (κ3) is 4.34. The van der Waals surface area contributed by atoms with Gasteiger partial charge in [-0.3, -0.25) is 4.72 Å². The maximum absolute atomic E-state index is 13.2. The number of nitrogens with zero attached hydrogens (tertiary/aromatic N) is 1. The summed E-state index contributed by atoms with van der Waals surface area (Å²) in [5.74, 6) is 0. The van der Waals surface area contributed by atoms with Gasteiger partial charge in [0.2, 0.25) is 10.0 Å². The van der Waals surface area contributed by atoms with Crippen molar-refractivity contribution in [2.45, 2.75) is 47.9 Å². The predicted octanol–water partition coefficient (Wildman–Crippen LogP) is 3.44. The lowest BCUT2D eigenvalue weighted by Crippen LogP contribution is -2.38. The highest BCUT2D eigenvalue weighted by molar-refractivity contribution is 7.93. The highest BCUT2D eigenvalue weighted by Gasteiger charge is 2.31. The molecule has 1 aliphatic rings. The lowest BCUT2D eigenvalue weighted by Gasteiger charge is -2.30. The molecule has 0 radical (unpaired) electrons. The van der Waals surface area contributed by atoms with Crippen LogP contribution in [0.1, 0.15) is 32.1 Å². The molecule has 0 aromatic heterocycles. The van der Waals surface area contributed by atoms with Gasteiger partial charge in [0.1, 0.15) is 4.90 Å². The standard InChI is InChI=1S/C19H24N2O4S2/c1-21(16-10-4-2-5-11-16)27(24,25)19-15-9-8-14-18(19)20-26(22,23)17-12-6-3-7-13-17/h3,6-9,12-16,20H,2,4-5,10-11H2,1H3. The summed E-state index contributed by atoms with van der Waals surface area (Å²) in [4.78, 5) is 0.0513. The minimum Gasteiger partial charge on any atom is -0.278 e. The summed E-state index contributed by atoms with van der Waals surface area (Å²) in [6.07, 6.45) is 4.79. The number of anilines is 1. The summed E-state index contributed by atoms with van der Waals surface area (Å²) in [5, 5.41) is 0. The van der Waals surface area contributed by atoms with E-state index in [0.717, 1.165) is 32.1 Å². The summed E-state index contributed by atoms with van der Waals surface area (Å²) in [5.41, 5.74) is 0.0593. The van der Waals surface area contributed by atoms with Gasteiger partial charge in [-0.1, -0.05) is 49.6 Å². The van der Waals surface area contributed by atoms with Crippen LogP contribution in [0, 0.1) is 0 Å². The van der Waals surface area contributed by atoms with Gasteiger partial charge in [-0.25, -0.2) is 16.8 Å². The Kier molecular flexibility index (Phi) is 5.88. The molecule has 0 spiro atoms. The van der Waals surface area contributed by atoms with Crippen LogP contribution < -0.4 is 4.72 Å². The zero-order valence-corrected chi connectivity index (χ0v) is 16.8. The topological polar surface area (TPSA) is 83.6 Å². The van der Waals surface area contributed by atoms with Crippen molar-refractivity contribution in [2.75, 3.05) is 11.8 Å². The van der Waals surface area contributed by atoms with Crippen LogP contribution >= 0.6 is 0 Å². The second kappa shape index (κ2) is 8.00. The van der Waals surface area contributed by atoms with E-state index in [1.807, 2.05) is 0 Å². The Hall–Kier alpha value is -1.90. The predicted molar refractivity (Wildman–Crippen MR) is 106 cm³/mol. The molecule has 0 heterocycles. The van der Waals surface area contributed by atoms with E-state index < -0.39 is 20.0 Å². The van der Waals surface area contributed by atoms with Crippen LogP contribution in [0.3, 0.4) is 0 Å². The minimum atomic E-state index is -3.88. The summed E-state index contributed by atoms with van der Waals surface area (Å²) in [6.45, 7) is 0. The van der Waals surface area contributed by atoms with Crippen LogP contribution in [0.15, 0.2) is 64.4 Å². The van der Waals surface area contributed by atoms with E-state index in [4.69, 9.17) is 0 Å². The molecule has 0 saturated heterocycles. The summed E-state index contributed by atoms with van der Waals surface area (Å²) in [7, 11) is -6.12. The molecule has 3 rings (SSSR count). The normalized spacial score (nSPS) is 16.4. The largest absolute Gasteiger partial charge is 0.278 e. The average molecular weight is 409 g/mol. The molecule has 0 bridgehead atoms. The Morgan fingerprint density at radius 3 is 2.11 bits per heavy atom. The average Bonchev–Trinajstić information content (AvgIpc) is 2.69. The highest BCUT2D eigenvalue weighted by atomic mass is 32.2. The van der Waals surface area contributed by atoms with E-state index in [0.29, 0.717) is 0 Å². The number of hydrogen-bond acceptors (Lipinski definition) is 4. The van der Waals surface area contributed by atoms with Gasteiger partial charge in [-0.05, 0) is 37.1 Å². The first kappa shape index (κ1) is 19.9. The van der Waals surface area contributed by atoms with Crippen molar-refractivity contribution >= 4 is 25.7 Å². The molecule has 1 aliphatic carbocycles. The zero-order valence-electron chi connectivity index (χ0n) is 15.2. The summed E-state index contributed by atoms with van der Waals surface area (Å²) < 4.78 is 55.4. The zero-order chi connectivity index (χ0) is 19.5. The van der Waals surface area contributed by atoms with Crippen molar-refractivity contribution in [1.82, 2.24) is 4.31 Å². The Bertz CT molecular complexity index is 983. The fourth-order valence-corrected chi connectivity index (χ4v) is 6.10. The molecule has 2 aromatic carbocycles. The Balaban J connectivity index is 1.94. The van der Waals surface area contributed by atoms with Crippen molar-refractivity contribution in [2.24, 2.45) is 0 Å². The molecule has 1 fully saturated rings. The fourth-order valence-electron chi connectivity index (χ4n) is 3.38. The molecular formula is C19H24N2O4S2. The molecular weight excluding hydrogens is 384 g/mol. The molecule has 0 amide bonds. The quantitative estimate of drug-likeness (QED) is 0.794. The first-order valence-corrected chi connectivity index (χ1v) is 11.9. The van der Waals surface area contributed by atoms with Crippen LogP contribution in [-0.2, 0) is 20.0 Å². The van der Waals surface area contributed by atoms with Crippen molar-refractivity contribution in [3.05, 3.63) is 54.6 Å². The van der Waals surface area contributed by atoms with E-state index in [1.165, 1.54) is 28.6 Å². The van der Waals surface area contributed by atoms with E-state index in [9.17, 15) is 16.8 Å². The van der Waals surface area contributed by atoms with Gasteiger partial charge in [0.05, 0.1) is 10.6 Å². The minimum absolute atomic E-state index is 0.0300. The number of hydrogen-bond donors (Lipinski definition) is 1. The second-order valence-corrected chi connectivity index (χ2v) is 10.4. The fraction of sp³-hybridized carbons (Fsp3) is 0.368. The third-order valence-corrected chi connectivity index (χ3v) is 8.28. The highest BCUT2D eigenvalue weighted by Crippen LogP contribution is 2.30. The molecule has 0 aliphatic heterocycles. The molecule has 0 atom stereocenters. The maximum Gasteiger partial charge on any atom is 0.261 e. The van der Waals surface area contributed by atoms with Crippen LogP contribution in [0.4, 0.5) is 5.69 Å². The van der Waals surface area contributed by atoms with Gasteiger partial charge in [-0.15, -0.1) is 0 Å². The molecule has 27 heavy (non-hydrogen) atoms. The second-order valence-electron chi connectivity index (χ2n) is 6.73. The van der Waals surface area contributed by atoms with Crippen LogP contribution in [0.25, 0.3) is 0 Å². The number of benzene rings is 2. The molecule has 6 nitrogen and oxygen atoms in total. The molecule has 1 N–H and O–H groups in total. The monoisotopic (exact) mass is 408 g/mol. The SMILES string of the molecule is CN(C1CCCCC1)S(=O)(=O)c1ccccc1NS(=O)(=O)c1ccccc1. The number of para-hydroxylation sites is 1. The first-order valence-electron chi connectivity index (χ1n) is 8.97. The lowest BCUT2D eigenvalue weighted by molar-refractivity contribution is 0.286. The Morgan fingerprint density at radius 1 is 0.852 bits per heavy atom. The van der Waals surface area contributed by atoms with Gasteiger partial charge in [0.15, 0.2) is 0 Å². The Labute approximate surface area is 161 Å². The molecule has 146 valence electrons. The summed E-state index contributed by atoms with van der Waals surface area (Å²) >= 11 is 0. The maximum atomic E-state index is 13.2. The first-order chi connectivity index (χ1) is 12.8. The third-order valence-electron chi connectivity index (χ3n) is 4.93. The Morgan fingerprint density at radius 2 is 1.44 bits per heavy atom. The van der Waals surface area contributed by atoms with Crippen molar-refractivity contribution < 1.29 is 16.8 Å². The van der Waals surface area contributed by atoms with E-state index in [2.05, 4.69) is 4.72 Å².